The molecule has 0 heterocycles. The molecule has 18 heavy (non-hydrogen) atoms. The Morgan fingerprint density at radius 3 is 2.67 bits per heavy atom. The lowest BCUT2D eigenvalue weighted by Crippen LogP contribution is -2.29. The minimum Gasteiger partial charge on any atom is -0.382 e. The van der Waals surface area contributed by atoms with Crippen LogP contribution in [0.25, 0.3) is 0 Å². The molecule has 0 aliphatic heterocycles. The second-order valence-electron chi connectivity index (χ2n) is 3.78. The average Bonchev–Trinajstić information content (AvgIpc) is 2.35. The summed E-state index contributed by atoms with van der Waals surface area (Å²) in [5.74, 6) is 4.14. The molecule has 1 atom stereocenters. The molecular weight excluding hydrogens is 242 g/mol. The normalized spacial score (nSPS) is 12.7. The summed E-state index contributed by atoms with van der Waals surface area (Å²) in [6.45, 7) is 1.39. The van der Waals surface area contributed by atoms with Gasteiger partial charge in [-0.3, -0.25) is 11.3 Å². The highest BCUT2D eigenvalue weighted by Crippen LogP contribution is 2.20. The molecular formula is C12H18F2N2O2. The van der Waals surface area contributed by atoms with Crippen molar-refractivity contribution in [1.29, 1.82) is 0 Å². The van der Waals surface area contributed by atoms with Crippen molar-refractivity contribution < 1.29 is 18.3 Å². The Hall–Kier alpha value is -1.08. The van der Waals surface area contributed by atoms with Gasteiger partial charge in [0.15, 0.2) is 0 Å². The summed E-state index contributed by atoms with van der Waals surface area (Å²) in [5.41, 5.74) is 2.82. The maximum atomic E-state index is 13.5. The number of hydrogen-bond acceptors (Lipinski definition) is 4. The van der Waals surface area contributed by atoms with Gasteiger partial charge in [-0.25, -0.2) is 8.78 Å². The van der Waals surface area contributed by atoms with Crippen LogP contribution in [0.5, 0.6) is 0 Å². The van der Waals surface area contributed by atoms with Crippen LogP contribution in [0.15, 0.2) is 18.2 Å². The highest BCUT2D eigenvalue weighted by atomic mass is 19.1. The maximum Gasteiger partial charge on any atom is 0.130 e. The number of rotatable bonds is 8. The van der Waals surface area contributed by atoms with Crippen molar-refractivity contribution >= 4 is 0 Å². The topological polar surface area (TPSA) is 56.5 Å². The number of halogens is 2. The molecule has 0 fully saturated rings. The van der Waals surface area contributed by atoms with Crippen LogP contribution in [-0.2, 0) is 9.47 Å². The van der Waals surface area contributed by atoms with Gasteiger partial charge in [-0.15, -0.1) is 0 Å². The first-order valence-corrected chi connectivity index (χ1v) is 5.66. The van der Waals surface area contributed by atoms with Crippen LogP contribution < -0.4 is 11.3 Å². The maximum absolute atomic E-state index is 13.5. The molecule has 0 aromatic heterocycles. The summed E-state index contributed by atoms with van der Waals surface area (Å²) < 4.78 is 36.4. The molecule has 1 unspecified atom stereocenters. The predicted octanol–water partition coefficient (Wildman–Crippen LogP) is 1.52. The Balaban J connectivity index is 2.49. The minimum atomic E-state index is -0.616. The molecule has 0 radical (unpaired) electrons. The summed E-state index contributed by atoms with van der Waals surface area (Å²) >= 11 is 0. The molecule has 0 saturated heterocycles. The fourth-order valence-corrected chi connectivity index (χ4v) is 1.56. The SMILES string of the molecule is COCCOCCC(NN)c1ccc(F)cc1F. The van der Waals surface area contributed by atoms with Crippen molar-refractivity contribution in [3.8, 4) is 0 Å². The van der Waals surface area contributed by atoms with Gasteiger partial charge in [0.25, 0.3) is 0 Å². The Morgan fingerprint density at radius 1 is 1.28 bits per heavy atom. The molecule has 4 nitrogen and oxygen atoms in total. The molecule has 0 aliphatic carbocycles. The van der Waals surface area contributed by atoms with Crippen molar-refractivity contribution in [3.63, 3.8) is 0 Å². The lowest BCUT2D eigenvalue weighted by atomic mass is 10.0. The molecule has 0 spiro atoms. The van der Waals surface area contributed by atoms with Crippen LogP contribution in [0, 0.1) is 11.6 Å². The third-order valence-electron chi connectivity index (χ3n) is 2.52. The van der Waals surface area contributed by atoms with E-state index in [-0.39, 0.29) is 0 Å². The number of nitrogens with one attached hydrogen (secondary N) is 1. The number of methoxy groups -OCH3 is 1. The predicted molar refractivity (Wildman–Crippen MR) is 63.7 cm³/mol. The Morgan fingerprint density at radius 2 is 2.06 bits per heavy atom. The molecule has 0 aliphatic rings. The van der Waals surface area contributed by atoms with E-state index < -0.39 is 17.7 Å². The fraction of sp³-hybridized carbons (Fsp3) is 0.500. The number of ether oxygens (including phenoxy) is 2. The molecule has 102 valence electrons. The highest BCUT2D eigenvalue weighted by molar-refractivity contribution is 5.22. The molecule has 1 aromatic carbocycles. The van der Waals surface area contributed by atoms with E-state index in [0.29, 0.717) is 31.8 Å². The lowest BCUT2D eigenvalue weighted by molar-refractivity contribution is 0.0656. The van der Waals surface area contributed by atoms with Crippen LogP contribution >= 0.6 is 0 Å². The van der Waals surface area contributed by atoms with Crippen LogP contribution in [0.2, 0.25) is 0 Å². The third kappa shape index (κ3) is 4.66. The first kappa shape index (κ1) is 15.0. The van der Waals surface area contributed by atoms with E-state index in [1.54, 1.807) is 7.11 Å². The van der Waals surface area contributed by atoms with E-state index in [1.807, 2.05) is 0 Å². The zero-order valence-electron chi connectivity index (χ0n) is 10.3. The van der Waals surface area contributed by atoms with Crippen molar-refractivity contribution in [2.45, 2.75) is 12.5 Å². The zero-order chi connectivity index (χ0) is 13.4. The molecule has 0 saturated carbocycles. The summed E-state index contributed by atoms with van der Waals surface area (Å²) in [5, 5.41) is 0. The fourth-order valence-electron chi connectivity index (χ4n) is 1.56. The minimum absolute atomic E-state index is 0.328. The van der Waals surface area contributed by atoms with Gasteiger partial charge in [-0.05, 0) is 12.5 Å². The average molecular weight is 260 g/mol. The first-order chi connectivity index (χ1) is 8.69. The third-order valence-corrected chi connectivity index (χ3v) is 2.52. The van der Waals surface area contributed by atoms with Gasteiger partial charge in [-0.2, -0.15) is 0 Å². The van der Waals surface area contributed by atoms with Crippen molar-refractivity contribution in [3.05, 3.63) is 35.4 Å². The number of nitrogens with two attached hydrogens (primary N) is 1. The first-order valence-electron chi connectivity index (χ1n) is 5.66. The Bertz CT molecular complexity index is 364. The standard InChI is InChI=1S/C12H18F2N2O2/c1-17-6-7-18-5-4-12(16-15)10-3-2-9(13)8-11(10)14/h2-3,8,12,16H,4-7,15H2,1H3. The molecule has 1 rings (SSSR count). The van der Waals surface area contributed by atoms with Gasteiger partial charge in [0.2, 0.25) is 0 Å². The number of hydrazine groups is 1. The smallest absolute Gasteiger partial charge is 0.130 e. The quantitative estimate of drug-likeness (QED) is 0.423. The monoisotopic (exact) mass is 260 g/mol. The lowest BCUT2D eigenvalue weighted by Gasteiger charge is -2.17. The zero-order valence-corrected chi connectivity index (χ0v) is 10.3. The number of benzene rings is 1. The summed E-state index contributed by atoms with van der Waals surface area (Å²) in [6, 6.07) is 3.01. The van der Waals surface area contributed by atoms with Gasteiger partial charge < -0.3 is 9.47 Å². The van der Waals surface area contributed by atoms with Crippen molar-refractivity contribution in [2.24, 2.45) is 5.84 Å². The van der Waals surface area contributed by atoms with Gasteiger partial charge in [0.1, 0.15) is 11.6 Å². The Labute approximate surface area is 105 Å². The van der Waals surface area contributed by atoms with Crippen LogP contribution in [-0.4, -0.2) is 26.9 Å². The second kappa shape index (κ2) is 8.10. The van der Waals surface area contributed by atoms with Crippen LogP contribution in [0.1, 0.15) is 18.0 Å². The van der Waals surface area contributed by atoms with Gasteiger partial charge in [0.05, 0.1) is 19.3 Å². The number of hydrogen-bond donors (Lipinski definition) is 2. The van der Waals surface area contributed by atoms with Gasteiger partial charge >= 0.3 is 0 Å². The van der Waals surface area contributed by atoms with Crippen LogP contribution in [0.4, 0.5) is 8.78 Å². The molecule has 0 bridgehead atoms. The van der Waals surface area contributed by atoms with E-state index in [4.69, 9.17) is 15.3 Å². The molecule has 0 amide bonds. The van der Waals surface area contributed by atoms with Crippen LogP contribution in [0.3, 0.4) is 0 Å². The van der Waals surface area contributed by atoms with Crippen molar-refractivity contribution in [2.75, 3.05) is 26.9 Å². The van der Waals surface area contributed by atoms with E-state index in [2.05, 4.69) is 5.43 Å². The molecule has 3 N–H and O–H groups in total. The summed E-state index contributed by atoms with van der Waals surface area (Å²) in [6.07, 6.45) is 0.489. The van der Waals surface area contributed by atoms with Crippen molar-refractivity contribution in [1.82, 2.24) is 5.43 Å². The van der Waals surface area contributed by atoms with Gasteiger partial charge in [0, 0.05) is 25.3 Å². The van der Waals surface area contributed by atoms with E-state index in [9.17, 15) is 8.78 Å². The summed E-state index contributed by atoms with van der Waals surface area (Å²) in [7, 11) is 1.58. The molecule has 1 aromatic rings. The Kier molecular flexibility index (Phi) is 6.74. The summed E-state index contributed by atoms with van der Waals surface area (Å²) in [4.78, 5) is 0. The van der Waals surface area contributed by atoms with Gasteiger partial charge in [-0.1, -0.05) is 6.07 Å². The highest BCUT2D eigenvalue weighted by Gasteiger charge is 2.14. The van der Waals surface area contributed by atoms with E-state index in [1.165, 1.54) is 12.1 Å². The second-order valence-corrected chi connectivity index (χ2v) is 3.78. The molecule has 6 heteroatoms. The van der Waals surface area contributed by atoms with E-state index >= 15 is 0 Å². The largest absolute Gasteiger partial charge is 0.382 e. The van der Waals surface area contributed by atoms with E-state index in [0.717, 1.165) is 6.07 Å².